The number of carboxylic acids is 1. The maximum atomic E-state index is 13.1. The fraction of sp³-hybridized carbons (Fsp3) is 0. The molecule has 2 heterocycles. The average molecular weight is 452 g/mol. The van der Waals surface area contributed by atoms with Crippen LogP contribution in [-0.4, -0.2) is 26.9 Å². The number of aldehydes is 1. The van der Waals surface area contributed by atoms with Crippen LogP contribution in [0.3, 0.4) is 0 Å². The molecule has 0 bridgehead atoms. The summed E-state index contributed by atoms with van der Waals surface area (Å²) in [6, 6.07) is 23.3. The van der Waals surface area contributed by atoms with Gasteiger partial charge in [-0.3, -0.25) is 4.79 Å². The van der Waals surface area contributed by atoms with Crippen molar-refractivity contribution >= 4 is 23.2 Å². The van der Waals surface area contributed by atoms with Gasteiger partial charge < -0.3 is 14.4 Å². The minimum Gasteiger partial charge on any atom is -0.477 e. The van der Waals surface area contributed by atoms with Crippen molar-refractivity contribution in [3.8, 4) is 28.4 Å². The minimum atomic E-state index is -1.16. The average Bonchev–Trinajstić information content (AvgIpc) is 3.24. The normalized spacial score (nSPS) is 10.9. The molecule has 6 nitrogen and oxygen atoms in total. The van der Waals surface area contributed by atoms with Gasteiger partial charge in [0.25, 0.3) is 0 Å². The number of pyridine rings is 1. The molecule has 0 aliphatic carbocycles. The van der Waals surface area contributed by atoms with Gasteiger partial charge in [0.1, 0.15) is 17.3 Å². The Kier molecular flexibility index (Phi) is 5.35. The SMILES string of the molecule is O=Cc1cn(-c2cc(C(=O)O)nc(-c3ccc(Oc4ccc(F)cc4)cc3)c2)c2ccccc12. The van der Waals surface area contributed by atoms with Crippen molar-refractivity contribution in [2.45, 2.75) is 0 Å². The highest BCUT2D eigenvalue weighted by Crippen LogP contribution is 2.29. The van der Waals surface area contributed by atoms with E-state index in [9.17, 15) is 19.1 Å². The summed E-state index contributed by atoms with van der Waals surface area (Å²) in [6.07, 6.45) is 2.46. The first-order valence-corrected chi connectivity index (χ1v) is 10.4. The summed E-state index contributed by atoms with van der Waals surface area (Å²) in [4.78, 5) is 27.7. The Morgan fingerprint density at radius 3 is 2.29 bits per heavy atom. The standard InChI is InChI=1S/C27H17FN2O4/c28-19-7-11-22(12-8-19)34-21-9-5-17(6-10-21)24-13-20(14-25(29-24)27(32)33)30-15-18(16-31)23-3-1-2-4-26(23)30/h1-16H,(H,32,33). The highest BCUT2D eigenvalue weighted by molar-refractivity contribution is 5.98. The Balaban J connectivity index is 1.55. The molecule has 0 saturated carbocycles. The Hall–Kier alpha value is -4.78. The molecular weight excluding hydrogens is 435 g/mol. The van der Waals surface area contributed by atoms with Crippen molar-refractivity contribution in [3.63, 3.8) is 0 Å². The second-order valence-corrected chi connectivity index (χ2v) is 7.57. The van der Waals surface area contributed by atoms with Gasteiger partial charge in [0.2, 0.25) is 0 Å². The molecule has 0 unspecified atom stereocenters. The predicted octanol–water partition coefficient (Wildman–Crippen LogP) is 6.13. The number of nitrogens with zero attached hydrogens (tertiary/aromatic N) is 2. The zero-order valence-electron chi connectivity index (χ0n) is 17.7. The van der Waals surface area contributed by atoms with Crippen LogP contribution in [0.4, 0.5) is 4.39 Å². The summed E-state index contributed by atoms with van der Waals surface area (Å²) in [5, 5.41) is 10.4. The van der Waals surface area contributed by atoms with Crippen LogP contribution in [0.25, 0.3) is 27.8 Å². The van der Waals surface area contributed by atoms with Gasteiger partial charge >= 0.3 is 5.97 Å². The Bertz CT molecular complexity index is 1520. The number of ether oxygens (including phenoxy) is 1. The lowest BCUT2D eigenvalue weighted by atomic mass is 10.1. The summed E-state index contributed by atoms with van der Waals surface area (Å²) in [5.41, 5.74) is 2.87. The van der Waals surface area contributed by atoms with Gasteiger partial charge in [-0.1, -0.05) is 18.2 Å². The van der Waals surface area contributed by atoms with Crippen LogP contribution in [0.5, 0.6) is 11.5 Å². The third-order valence-corrected chi connectivity index (χ3v) is 5.38. The van der Waals surface area contributed by atoms with E-state index in [1.807, 2.05) is 24.3 Å². The minimum absolute atomic E-state index is 0.121. The molecule has 0 fully saturated rings. The number of para-hydroxylation sites is 1. The first kappa shape index (κ1) is 21.1. The van der Waals surface area contributed by atoms with E-state index in [0.29, 0.717) is 34.0 Å². The lowest BCUT2D eigenvalue weighted by molar-refractivity contribution is 0.0690. The van der Waals surface area contributed by atoms with Gasteiger partial charge in [0, 0.05) is 22.7 Å². The van der Waals surface area contributed by atoms with Gasteiger partial charge in [0.05, 0.1) is 16.9 Å². The van der Waals surface area contributed by atoms with Crippen LogP contribution >= 0.6 is 0 Å². The topological polar surface area (TPSA) is 81.4 Å². The molecule has 0 aliphatic rings. The van der Waals surface area contributed by atoms with Gasteiger partial charge in [-0.25, -0.2) is 14.2 Å². The number of carbonyl (C=O) groups is 2. The fourth-order valence-electron chi connectivity index (χ4n) is 3.76. The summed E-state index contributed by atoms with van der Waals surface area (Å²) >= 11 is 0. The Labute approximate surface area is 193 Å². The molecule has 0 saturated heterocycles. The molecule has 2 aromatic heterocycles. The third kappa shape index (κ3) is 4.02. The van der Waals surface area contributed by atoms with E-state index >= 15 is 0 Å². The molecule has 1 N–H and O–H groups in total. The number of aromatic carboxylic acids is 1. The summed E-state index contributed by atoms with van der Waals surface area (Å²) in [5.74, 6) is -0.477. The maximum Gasteiger partial charge on any atom is 0.354 e. The quantitative estimate of drug-likeness (QED) is 0.313. The summed E-state index contributed by atoms with van der Waals surface area (Å²) < 4.78 is 20.6. The molecule has 5 rings (SSSR count). The largest absolute Gasteiger partial charge is 0.477 e. The van der Waals surface area contributed by atoms with E-state index in [0.717, 1.165) is 17.2 Å². The van der Waals surface area contributed by atoms with Crippen molar-refractivity contribution < 1.29 is 23.8 Å². The number of aromatic nitrogens is 2. The number of hydrogen-bond donors (Lipinski definition) is 1. The Morgan fingerprint density at radius 2 is 1.62 bits per heavy atom. The van der Waals surface area contributed by atoms with Gasteiger partial charge in [-0.05, 0) is 66.7 Å². The second kappa shape index (κ2) is 8.63. The van der Waals surface area contributed by atoms with E-state index in [1.165, 1.54) is 30.3 Å². The first-order chi connectivity index (χ1) is 16.5. The third-order valence-electron chi connectivity index (χ3n) is 5.38. The first-order valence-electron chi connectivity index (χ1n) is 10.4. The van der Waals surface area contributed by atoms with Crippen LogP contribution in [0, 0.1) is 5.82 Å². The van der Waals surface area contributed by atoms with Crippen molar-refractivity contribution in [2.24, 2.45) is 0 Å². The monoisotopic (exact) mass is 452 g/mol. The van der Waals surface area contributed by atoms with Crippen molar-refractivity contribution in [3.05, 3.63) is 108 Å². The van der Waals surface area contributed by atoms with Crippen LogP contribution < -0.4 is 4.74 Å². The summed E-state index contributed by atoms with van der Waals surface area (Å²) in [7, 11) is 0. The lowest BCUT2D eigenvalue weighted by Crippen LogP contribution is -2.04. The highest BCUT2D eigenvalue weighted by atomic mass is 19.1. The molecule has 3 aromatic carbocycles. The molecule has 0 spiro atoms. The van der Waals surface area contributed by atoms with Gasteiger partial charge in [-0.2, -0.15) is 0 Å². The van der Waals surface area contributed by atoms with Crippen LogP contribution in [-0.2, 0) is 0 Å². The zero-order valence-corrected chi connectivity index (χ0v) is 17.7. The van der Waals surface area contributed by atoms with E-state index in [4.69, 9.17) is 4.74 Å². The fourth-order valence-corrected chi connectivity index (χ4v) is 3.76. The molecule has 0 aliphatic heterocycles. The predicted molar refractivity (Wildman–Crippen MR) is 125 cm³/mol. The van der Waals surface area contributed by atoms with E-state index in [1.54, 1.807) is 41.1 Å². The highest BCUT2D eigenvalue weighted by Gasteiger charge is 2.15. The molecule has 5 aromatic rings. The Morgan fingerprint density at radius 1 is 0.941 bits per heavy atom. The molecule has 0 amide bonds. The van der Waals surface area contributed by atoms with Crippen LogP contribution in [0.1, 0.15) is 20.8 Å². The van der Waals surface area contributed by atoms with Gasteiger partial charge in [0.15, 0.2) is 12.0 Å². The molecular formula is C27H17FN2O4. The van der Waals surface area contributed by atoms with Crippen LogP contribution in [0.2, 0.25) is 0 Å². The van der Waals surface area contributed by atoms with Crippen LogP contribution in [0.15, 0.2) is 91.1 Å². The molecule has 7 heteroatoms. The van der Waals surface area contributed by atoms with Gasteiger partial charge in [-0.15, -0.1) is 0 Å². The van der Waals surface area contributed by atoms with Crippen molar-refractivity contribution in [2.75, 3.05) is 0 Å². The zero-order chi connectivity index (χ0) is 23.7. The number of hydrogen-bond acceptors (Lipinski definition) is 4. The second-order valence-electron chi connectivity index (χ2n) is 7.57. The number of benzene rings is 3. The number of fused-ring (bicyclic) bond motifs is 1. The smallest absolute Gasteiger partial charge is 0.354 e. The molecule has 0 atom stereocenters. The number of rotatable bonds is 6. The number of carbonyl (C=O) groups excluding carboxylic acids is 1. The maximum absolute atomic E-state index is 13.1. The van der Waals surface area contributed by atoms with E-state index < -0.39 is 5.97 Å². The van der Waals surface area contributed by atoms with Crippen molar-refractivity contribution in [1.82, 2.24) is 9.55 Å². The van der Waals surface area contributed by atoms with E-state index in [-0.39, 0.29) is 11.5 Å². The number of halogens is 1. The summed E-state index contributed by atoms with van der Waals surface area (Å²) in [6.45, 7) is 0. The number of carboxylic acid groups (broad SMARTS) is 1. The van der Waals surface area contributed by atoms with Crippen molar-refractivity contribution in [1.29, 1.82) is 0 Å². The molecule has 34 heavy (non-hydrogen) atoms. The lowest BCUT2D eigenvalue weighted by Gasteiger charge is -2.11. The molecule has 166 valence electrons. The molecule has 0 radical (unpaired) electrons. The van der Waals surface area contributed by atoms with E-state index in [2.05, 4.69) is 4.98 Å².